The monoisotopic (exact) mass is 388 g/mol. The molecule has 0 aromatic rings. The van der Waals surface area contributed by atoms with Crippen LogP contribution in [0.3, 0.4) is 0 Å². The van der Waals surface area contributed by atoms with Crippen molar-refractivity contribution in [1.29, 1.82) is 0 Å². The lowest BCUT2D eigenvalue weighted by molar-refractivity contribution is -0.129. The number of fused-ring (bicyclic) bond motifs is 5. The Hall–Kier alpha value is -0.0400. The van der Waals surface area contributed by atoms with Gasteiger partial charge < -0.3 is 5.11 Å². The van der Waals surface area contributed by atoms with Gasteiger partial charge in [-0.15, -0.1) is 0 Å². The predicted octanol–water partition coefficient (Wildman–Crippen LogP) is 7.47. The maximum Gasteiger partial charge on any atom is 0.0543 e. The smallest absolute Gasteiger partial charge is 0.0543 e. The number of aliphatic hydroxyl groups is 1. The van der Waals surface area contributed by atoms with E-state index in [1.807, 2.05) is 0 Å². The van der Waals surface area contributed by atoms with Gasteiger partial charge in [-0.3, -0.25) is 0 Å². The van der Waals surface area contributed by atoms with Gasteiger partial charge >= 0.3 is 0 Å². The maximum absolute atomic E-state index is 10.3. The zero-order chi connectivity index (χ0) is 20.1. The van der Waals surface area contributed by atoms with Crippen molar-refractivity contribution >= 4 is 0 Å². The maximum atomic E-state index is 10.3. The van der Waals surface area contributed by atoms with Gasteiger partial charge in [0.05, 0.1) is 6.10 Å². The van der Waals surface area contributed by atoms with E-state index >= 15 is 0 Å². The summed E-state index contributed by atoms with van der Waals surface area (Å²) in [4.78, 5) is 0. The van der Waals surface area contributed by atoms with Gasteiger partial charge in [-0.1, -0.05) is 53.9 Å². The van der Waals surface area contributed by atoms with Crippen molar-refractivity contribution in [2.45, 2.75) is 118 Å². The molecule has 4 aliphatic carbocycles. The highest BCUT2D eigenvalue weighted by Crippen LogP contribution is 2.68. The highest BCUT2D eigenvalue weighted by Gasteiger charge is 2.60. The summed E-state index contributed by atoms with van der Waals surface area (Å²) in [5.74, 6) is 6.49. The van der Waals surface area contributed by atoms with Crippen LogP contribution in [-0.2, 0) is 0 Å². The quantitative estimate of drug-likeness (QED) is 0.518. The molecule has 9 atom stereocenters. The minimum absolute atomic E-state index is 0.00830. The van der Waals surface area contributed by atoms with E-state index in [1.165, 1.54) is 64.2 Å². The summed E-state index contributed by atoms with van der Waals surface area (Å²) < 4.78 is 0. The standard InChI is InChI=1S/C27H48O/c1-18(2)7-6-8-19(3)23-11-12-24-22-10-9-20-17-21(28)13-15-26(20,4)25(22)14-16-27(23,24)5/h18-25,28H,6-17H2,1-5H3/t19-,20-,21-,22+,23+,24+,25-,26+,27-/m0/s1. The first-order valence-electron chi connectivity index (χ1n) is 12.9. The van der Waals surface area contributed by atoms with Gasteiger partial charge in [-0.2, -0.15) is 0 Å². The molecule has 0 radical (unpaired) electrons. The molecule has 1 N–H and O–H groups in total. The fourth-order valence-corrected chi connectivity index (χ4v) is 9.26. The van der Waals surface area contributed by atoms with Gasteiger partial charge in [0.1, 0.15) is 0 Å². The molecule has 0 aromatic heterocycles. The molecule has 0 amide bonds. The lowest BCUT2D eigenvalue weighted by Crippen LogP contribution is -2.54. The summed E-state index contributed by atoms with van der Waals surface area (Å²) in [7, 11) is 0. The second kappa shape index (κ2) is 7.90. The molecule has 4 saturated carbocycles. The van der Waals surface area contributed by atoms with Crippen molar-refractivity contribution in [3.63, 3.8) is 0 Å². The van der Waals surface area contributed by atoms with Gasteiger partial charge in [-0.25, -0.2) is 0 Å². The molecule has 4 rings (SSSR count). The van der Waals surface area contributed by atoms with Crippen LogP contribution in [0.5, 0.6) is 0 Å². The first kappa shape index (κ1) is 21.2. The predicted molar refractivity (Wildman–Crippen MR) is 119 cm³/mol. The molecule has 0 bridgehead atoms. The van der Waals surface area contributed by atoms with Crippen LogP contribution in [0.1, 0.15) is 112 Å². The third-order valence-electron chi connectivity index (χ3n) is 10.8. The zero-order valence-corrected chi connectivity index (χ0v) is 19.6. The molecule has 162 valence electrons. The molecular weight excluding hydrogens is 340 g/mol. The highest BCUT2D eigenvalue weighted by atomic mass is 16.3. The minimum atomic E-state index is -0.00830. The van der Waals surface area contributed by atoms with Crippen molar-refractivity contribution in [2.24, 2.45) is 52.3 Å². The Morgan fingerprint density at radius 3 is 2.29 bits per heavy atom. The van der Waals surface area contributed by atoms with Crippen LogP contribution in [0.15, 0.2) is 0 Å². The summed E-state index contributed by atoms with van der Waals surface area (Å²) in [6.07, 6.45) is 16.6. The Bertz CT molecular complexity index is 540. The molecule has 28 heavy (non-hydrogen) atoms. The van der Waals surface area contributed by atoms with E-state index in [9.17, 15) is 5.11 Å². The molecule has 0 unspecified atom stereocenters. The van der Waals surface area contributed by atoms with Crippen molar-refractivity contribution in [3.05, 3.63) is 0 Å². The molecule has 4 aliphatic rings. The summed E-state index contributed by atoms with van der Waals surface area (Å²) in [6, 6.07) is 0. The number of hydrogen-bond acceptors (Lipinski definition) is 1. The van der Waals surface area contributed by atoms with E-state index in [1.54, 1.807) is 0 Å². The lowest BCUT2D eigenvalue weighted by atomic mass is 9.44. The second-order valence-corrected chi connectivity index (χ2v) is 12.6. The van der Waals surface area contributed by atoms with Gasteiger partial charge in [0.25, 0.3) is 0 Å². The van der Waals surface area contributed by atoms with Crippen LogP contribution in [0, 0.1) is 52.3 Å². The number of aliphatic hydroxyl groups excluding tert-OH is 1. The normalized spacial score (nSPS) is 49.4. The van der Waals surface area contributed by atoms with Crippen LogP contribution in [0.2, 0.25) is 0 Å². The van der Waals surface area contributed by atoms with Crippen LogP contribution in [0.4, 0.5) is 0 Å². The fraction of sp³-hybridized carbons (Fsp3) is 1.00. The van der Waals surface area contributed by atoms with Gasteiger partial charge in [-0.05, 0) is 110 Å². The van der Waals surface area contributed by atoms with Gasteiger partial charge in [0.2, 0.25) is 0 Å². The van der Waals surface area contributed by atoms with E-state index < -0.39 is 0 Å². The topological polar surface area (TPSA) is 20.2 Å². The van der Waals surface area contributed by atoms with Crippen molar-refractivity contribution in [3.8, 4) is 0 Å². The third kappa shape index (κ3) is 3.50. The molecule has 0 aliphatic heterocycles. The minimum Gasteiger partial charge on any atom is -0.393 e. The molecule has 4 fully saturated rings. The van der Waals surface area contributed by atoms with Crippen LogP contribution < -0.4 is 0 Å². The summed E-state index contributed by atoms with van der Waals surface area (Å²) in [5.41, 5.74) is 1.15. The van der Waals surface area contributed by atoms with Crippen molar-refractivity contribution in [2.75, 3.05) is 0 Å². The molecule has 1 heteroatoms. The number of hydrogen-bond donors (Lipinski definition) is 1. The molecule has 0 aromatic carbocycles. The van der Waals surface area contributed by atoms with Crippen molar-refractivity contribution < 1.29 is 5.11 Å². The molecular formula is C27H48O. The Kier molecular flexibility index (Phi) is 5.98. The van der Waals surface area contributed by atoms with Gasteiger partial charge in [0, 0.05) is 0 Å². The van der Waals surface area contributed by atoms with Crippen LogP contribution in [-0.4, -0.2) is 11.2 Å². The number of rotatable bonds is 5. The first-order valence-corrected chi connectivity index (χ1v) is 12.9. The lowest BCUT2D eigenvalue weighted by Gasteiger charge is -2.61. The van der Waals surface area contributed by atoms with E-state index in [0.717, 1.165) is 54.3 Å². The second-order valence-electron chi connectivity index (χ2n) is 12.6. The fourth-order valence-electron chi connectivity index (χ4n) is 9.26. The van der Waals surface area contributed by atoms with E-state index in [2.05, 4.69) is 34.6 Å². The summed E-state index contributed by atoms with van der Waals surface area (Å²) >= 11 is 0. The molecule has 0 spiro atoms. The SMILES string of the molecule is CC(C)CCC[C@H](C)[C@H]1CC[C@@H]2[C@H]3CC[C@H]4C[C@@H](O)CC[C@@]4(C)[C@H]3CC[C@]21C. The van der Waals surface area contributed by atoms with E-state index in [-0.39, 0.29) is 6.10 Å². The zero-order valence-electron chi connectivity index (χ0n) is 19.6. The molecule has 1 nitrogen and oxygen atoms in total. The van der Waals surface area contributed by atoms with Crippen LogP contribution >= 0.6 is 0 Å². The van der Waals surface area contributed by atoms with Crippen molar-refractivity contribution in [1.82, 2.24) is 0 Å². The summed E-state index contributed by atoms with van der Waals surface area (Å²) in [5, 5.41) is 10.3. The van der Waals surface area contributed by atoms with Crippen LogP contribution in [0.25, 0.3) is 0 Å². The Morgan fingerprint density at radius 2 is 1.54 bits per heavy atom. The Morgan fingerprint density at radius 1 is 0.821 bits per heavy atom. The third-order valence-corrected chi connectivity index (χ3v) is 10.8. The largest absolute Gasteiger partial charge is 0.393 e. The van der Waals surface area contributed by atoms with E-state index in [4.69, 9.17) is 0 Å². The summed E-state index contributed by atoms with van der Waals surface area (Å²) in [6.45, 7) is 12.7. The Balaban J connectivity index is 1.46. The molecule has 0 heterocycles. The van der Waals surface area contributed by atoms with Gasteiger partial charge in [0.15, 0.2) is 0 Å². The Labute approximate surface area is 175 Å². The average molecular weight is 389 g/mol. The highest BCUT2D eigenvalue weighted by molar-refractivity contribution is 5.09. The average Bonchev–Trinajstić information content (AvgIpc) is 2.99. The molecule has 0 saturated heterocycles. The van der Waals surface area contributed by atoms with E-state index in [0.29, 0.717) is 10.8 Å². The first-order chi connectivity index (χ1) is 13.3.